The van der Waals surface area contributed by atoms with Crippen molar-refractivity contribution in [3.63, 3.8) is 0 Å². The van der Waals surface area contributed by atoms with E-state index in [1.165, 1.54) is 44.5 Å². The van der Waals surface area contributed by atoms with Crippen molar-refractivity contribution in [3.8, 4) is 0 Å². The third-order valence-corrected chi connectivity index (χ3v) is 4.02. The van der Waals surface area contributed by atoms with E-state index in [1.54, 1.807) is 0 Å². The molecule has 0 aromatic heterocycles. The van der Waals surface area contributed by atoms with Crippen LogP contribution in [0.5, 0.6) is 0 Å². The highest BCUT2D eigenvalue weighted by Crippen LogP contribution is 2.27. The molecule has 106 valence electrons. The van der Waals surface area contributed by atoms with Gasteiger partial charge in [0.15, 0.2) is 0 Å². The smallest absolute Gasteiger partial charge is 0.0201 e. The molecule has 1 heterocycles. The molecule has 1 aliphatic rings. The van der Waals surface area contributed by atoms with Gasteiger partial charge in [-0.05, 0) is 43.8 Å². The van der Waals surface area contributed by atoms with Crippen molar-refractivity contribution in [3.05, 3.63) is 35.9 Å². The summed E-state index contributed by atoms with van der Waals surface area (Å²) in [5.74, 6) is 0.691. The zero-order valence-electron chi connectivity index (χ0n) is 12.4. The van der Waals surface area contributed by atoms with Crippen LogP contribution in [0.1, 0.15) is 44.6 Å². The molecule has 1 N–H and O–H groups in total. The van der Waals surface area contributed by atoms with Crippen LogP contribution >= 0.6 is 0 Å². The SMILES string of the molecule is CCCNC1CC(c2ccccc2)CN(CCC)C1. The minimum absolute atomic E-state index is 0.658. The van der Waals surface area contributed by atoms with Crippen molar-refractivity contribution in [1.29, 1.82) is 0 Å². The van der Waals surface area contributed by atoms with E-state index in [9.17, 15) is 0 Å². The lowest BCUT2D eigenvalue weighted by molar-refractivity contribution is 0.172. The Labute approximate surface area is 118 Å². The predicted molar refractivity (Wildman–Crippen MR) is 82.6 cm³/mol. The molecule has 2 nitrogen and oxygen atoms in total. The fourth-order valence-electron chi connectivity index (χ4n) is 3.15. The summed E-state index contributed by atoms with van der Waals surface area (Å²) >= 11 is 0. The Morgan fingerprint density at radius 1 is 1.11 bits per heavy atom. The van der Waals surface area contributed by atoms with Gasteiger partial charge in [0.25, 0.3) is 0 Å². The van der Waals surface area contributed by atoms with E-state index in [4.69, 9.17) is 0 Å². The second-order valence-electron chi connectivity index (χ2n) is 5.75. The van der Waals surface area contributed by atoms with E-state index in [0.717, 1.165) is 6.54 Å². The highest BCUT2D eigenvalue weighted by molar-refractivity contribution is 5.21. The molecule has 19 heavy (non-hydrogen) atoms. The Balaban J connectivity index is 2.01. The topological polar surface area (TPSA) is 15.3 Å². The number of hydrogen-bond donors (Lipinski definition) is 1. The maximum absolute atomic E-state index is 3.72. The van der Waals surface area contributed by atoms with Crippen molar-refractivity contribution in [2.24, 2.45) is 0 Å². The van der Waals surface area contributed by atoms with Crippen LogP contribution in [0, 0.1) is 0 Å². The molecule has 1 fully saturated rings. The van der Waals surface area contributed by atoms with Crippen molar-refractivity contribution in [1.82, 2.24) is 10.2 Å². The Hall–Kier alpha value is -0.860. The highest BCUT2D eigenvalue weighted by Gasteiger charge is 2.27. The van der Waals surface area contributed by atoms with E-state index in [2.05, 4.69) is 54.4 Å². The lowest BCUT2D eigenvalue weighted by atomic mass is 9.88. The van der Waals surface area contributed by atoms with Crippen LogP contribution in [0.3, 0.4) is 0 Å². The van der Waals surface area contributed by atoms with Crippen molar-refractivity contribution in [2.45, 2.75) is 45.1 Å². The molecule has 2 heteroatoms. The third kappa shape index (κ3) is 4.32. The lowest BCUT2D eigenvalue weighted by Crippen LogP contribution is -2.48. The first-order valence-corrected chi connectivity index (χ1v) is 7.84. The number of likely N-dealkylation sites (tertiary alicyclic amines) is 1. The summed E-state index contributed by atoms with van der Waals surface area (Å²) in [5, 5.41) is 3.72. The molecule has 1 aromatic carbocycles. The monoisotopic (exact) mass is 260 g/mol. The normalized spacial score (nSPS) is 24.5. The third-order valence-electron chi connectivity index (χ3n) is 4.02. The molecule has 1 aromatic rings. The molecule has 2 atom stereocenters. The molecule has 0 spiro atoms. The molecule has 0 bridgehead atoms. The largest absolute Gasteiger partial charge is 0.313 e. The minimum atomic E-state index is 0.658. The van der Waals surface area contributed by atoms with Gasteiger partial charge in [-0.2, -0.15) is 0 Å². The summed E-state index contributed by atoms with van der Waals surface area (Å²) in [4.78, 5) is 2.63. The molecule has 1 saturated heterocycles. The van der Waals surface area contributed by atoms with Gasteiger partial charge >= 0.3 is 0 Å². The van der Waals surface area contributed by atoms with Gasteiger partial charge in [0.2, 0.25) is 0 Å². The summed E-state index contributed by atoms with van der Waals surface area (Å²) in [5.41, 5.74) is 1.51. The van der Waals surface area contributed by atoms with Gasteiger partial charge < -0.3 is 10.2 Å². The average Bonchev–Trinajstić information content (AvgIpc) is 2.46. The fraction of sp³-hybridized carbons (Fsp3) is 0.647. The molecule has 2 rings (SSSR count). The van der Waals surface area contributed by atoms with Gasteiger partial charge in [-0.25, -0.2) is 0 Å². The number of hydrogen-bond acceptors (Lipinski definition) is 2. The molecular formula is C17H28N2. The van der Waals surface area contributed by atoms with Gasteiger partial charge in [-0.15, -0.1) is 0 Å². The van der Waals surface area contributed by atoms with Crippen molar-refractivity contribution < 1.29 is 0 Å². The van der Waals surface area contributed by atoms with Gasteiger partial charge in [0, 0.05) is 19.1 Å². The molecule has 0 saturated carbocycles. The number of rotatable bonds is 6. The van der Waals surface area contributed by atoms with Crippen LogP contribution in [-0.2, 0) is 0 Å². The van der Waals surface area contributed by atoms with Crippen LogP contribution in [0.2, 0.25) is 0 Å². The van der Waals surface area contributed by atoms with Gasteiger partial charge in [-0.1, -0.05) is 44.2 Å². The summed E-state index contributed by atoms with van der Waals surface area (Å²) in [6.45, 7) is 9.34. The Kier molecular flexibility index (Phi) is 5.87. The van der Waals surface area contributed by atoms with E-state index in [0.29, 0.717) is 12.0 Å². The lowest BCUT2D eigenvalue weighted by Gasteiger charge is -2.38. The summed E-state index contributed by atoms with van der Waals surface area (Å²) in [7, 11) is 0. The van der Waals surface area contributed by atoms with Crippen LogP contribution in [0.15, 0.2) is 30.3 Å². The summed E-state index contributed by atoms with van der Waals surface area (Å²) in [6, 6.07) is 11.7. The zero-order valence-corrected chi connectivity index (χ0v) is 12.4. The summed E-state index contributed by atoms with van der Waals surface area (Å²) < 4.78 is 0. The highest BCUT2D eigenvalue weighted by atomic mass is 15.2. The summed E-state index contributed by atoms with van der Waals surface area (Å²) in [6.07, 6.45) is 3.76. The van der Waals surface area contributed by atoms with E-state index in [1.807, 2.05) is 0 Å². The van der Waals surface area contributed by atoms with Crippen LogP contribution < -0.4 is 5.32 Å². The fourth-order valence-corrected chi connectivity index (χ4v) is 3.15. The van der Waals surface area contributed by atoms with Gasteiger partial charge in [0.1, 0.15) is 0 Å². The standard InChI is InChI=1S/C17H28N2/c1-3-10-18-17-12-16(13-19(14-17)11-4-2)15-8-6-5-7-9-15/h5-9,16-18H,3-4,10-14H2,1-2H3. The molecule has 0 radical (unpaired) electrons. The minimum Gasteiger partial charge on any atom is -0.313 e. The first-order valence-electron chi connectivity index (χ1n) is 7.84. The second-order valence-corrected chi connectivity index (χ2v) is 5.75. The van der Waals surface area contributed by atoms with Crippen molar-refractivity contribution in [2.75, 3.05) is 26.2 Å². The van der Waals surface area contributed by atoms with Gasteiger partial charge in [0.05, 0.1) is 0 Å². The molecular weight excluding hydrogens is 232 g/mol. The quantitative estimate of drug-likeness (QED) is 0.844. The Morgan fingerprint density at radius 2 is 1.89 bits per heavy atom. The van der Waals surface area contributed by atoms with Gasteiger partial charge in [-0.3, -0.25) is 0 Å². The second kappa shape index (κ2) is 7.66. The maximum atomic E-state index is 3.72. The Bertz CT molecular complexity index is 350. The average molecular weight is 260 g/mol. The molecule has 0 aliphatic carbocycles. The van der Waals surface area contributed by atoms with E-state index in [-0.39, 0.29) is 0 Å². The number of piperidine rings is 1. The zero-order chi connectivity index (χ0) is 13.5. The van der Waals surface area contributed by atoms with Crippen molar-refractivity contribution >= 4 is 0 Å². The first-order chi connectivity index (χ1) is 9.33. The first kappa shape index (κ1) is 14.5. The van der Waals surface area contributed by atoms with Crippen LogP contribution in [0.4, 0.5) is 0 Å². The molecule has 2 unspecified atom stereocenters. The van der Waals surface area contributed by atoms with E-state index < -0.39 is 0 Å². The number of nitrogens with one attached hydrogen (secondary N) is 1. The number of benzene rings is 1. The van der Waals surface area contributed by atoms with Crippen LogP contribution in [-0.4, -0.2) is 37.1 Å². The van der Waals surface area contributed by atoms with E-state index >= 15 is 0 Å². The number of nitrogens with zero attached hydrogens (tertiary/aromatic N) is 1. The predicted octanol–water partition coefficient (Wildman–Crippen LogP) is 3.25. The molecule has 0 amide bonds. The maximum Gasteiger partial charge on any atom is 0.0201 e. The Morgan fingerprint density at radius 3 is 2.58 bits per heavy atom. The van der Waals surface area contributed by atoms with Crippen LogP contribution in [0.25, 0.3) is 0 Å². The molecule has 1 aliphatic heterocycles.